The summed E-state index contributed by atoms with van der Waals surface area (Å²) in [6, 6.07) is 9.17. The van der Waals surface area contributed by atoms with Crippen LogP contribution >= 0.6 is 10.7 Å². The Balaban J connectivity index is 2.88. The molecule has 20 heavy (non-hydrogen) atoms. The summed E-state index contributed by atoms with van der Waals surface area (Å²) >= 11 is 0. The van der Waals surface area contributed by atoms with Crippen LogP contribution in [0.15, 0.2) is 30.3 Å². The number of hydrogen-bond donors (Lipinski definition) is 0. The lowest BCUT2D eigenvalue weighted by atomic mass is 10.0. The van der Waals surface area contributed by atoms with Crippen LogP contribution in [0.3, 0.4) is 0 Å². The summed E-state index contributed by atoms with van der Waals surface area (Å²) in [5, 5.41) is 0. The summed E-state index contributed by atoms with van der Waals surface area (Å²) in [6.45, 7) is 5.21. The zero-order valence-corrected chi connectivity index (χ0v) is 13.4. The number of rotatable bonds is 5. The molecule has 0 heterocycles. The van der Waals surface area contributed by atoms with Crippen molar-refractivity contribution in [2.75, 3.05) is 5.75 Å². The molecule has 0 saturated heterocycles. The summed E-state index contributed by atoms with van der Waals surface area (Å²) in [4.78, 5) is 12.1. The average Bonchev–Trinajstić information content (AvgIpc) is 2.25. The Labute approximate surface area is 124 Å². The van der Waals surface area contributed by atoms with E-state index in [9.17, 15) is 13.2 Å². The summed E-state index contributed by atoms with van der Waals surface area (Å²) < 4.78 is 27.8. The highest BCUT2D eigenvalue weighted by molar-refractivity contribution is 8.13. The van der Waals surface area contributed by atoms with Crippen LogP contribution in [0.4, 0.5) is 0 Å². The van der Waals surface area contributed by atoms with Gasteiger partial charge in [-0.1, -0.05) is 30.3 Å². The van der Waals surface area contributed by atoms with E-state index >= 15 is 0 Å². The Morgan fingerprint density at radius 1 is 1.25 bits per heavy atom. The van der Waals surface area contributed by atoms with Crippen molar-refractivity contribution in [1.82, 2.24) is 0 Å². The van der Waals surface area contributed by atoms with Crippen molar-refractivity contribution in [2.24, 2.45) is 5.92 Å². The Kier molecular flexibility index (Phi) is 5.59. The molecule has 4 nitrogen and oxygen atoms in total. The van der Waals surface area contributed by atoms with Gasteiger partial charge in [-0.2, -0.15) is 0 Å². The largest absolute Gasteiger partial charge is 0.460 e. The average molecular weight is 319 g/mol. The van der Waals surface area contributed by atoms with Crippen LogP contribution in [0.1, 0.15) is 26.3 Å². The lowest BCUT2D eigenvalue weighted by molar-refractivity contribution is -0.159. The van der Waals surface area contributed by atoms with Crippen LogP contribution in [0.2, 0.25) is 0 Å². The van der Waals surface area contributed by atoms with Gasteiger partial charge in [-0.15, -0.1) is 0 Å². The number of benzene rings is 1. The predicted molar refractivity (Wildman–Crippen MR) is 79.1 cm³/mol. The van der Waals surface area contributed by atoms with Crippen LogP contribution in [0.5, 0.6) is 0 Å². The van der Waals surface area contributed by atoms with Crippen molar-refractivity contribution in [3.05, 3.63) is 35.9 Å². The number of halogens is 1. The molecule has 0 aromatic heterocycles. The second-order valence-corrected chi connectivity index (χ2v) is 8.45. The highest BCUT2D eigenvalue weighted by atomic mass is 35.7. The smallest absolute Gasteiger partial charge is 0.310 e. The molecular weight excluding hydrogens is 300 g/mol. The molecule has 0 aliphatic heterocycles. The van der Waals surface area contributed by atoms with Gasteiger partial charge in [-0.25, -0.2) is 8.42 Å². The van der Waals surface area contributed by atoms with E-state index in [1.165, 1.54) is 0 Å². The minimum Gasteiger partial charge on any atom is -0.460 e. The Morgan fingerprint density at radius 3 is 2.25 bits per heavy atom. The number of hydrogen-bond acceptors (Lipinski definition) is 4. The van der Waals surface area contributed by atoms with Crippen LogP contribution in [-0.4, -0.2) is 25.7 Å². The maximum Gasteiger partial charge on any atom is 0.310 e. The van der Waals surface area contributed by atoms with Crippen molar-refractivity contribution in [1.29, 1.82) is 0 Å². The molecule has 1 unspecified atom stereocenters. The van der Waals surface area contributed by atoms with Crippen LogP contribution < -0.4 is 0 Å². The summed E-state index contributed by atoms with van der Waals surface area (Å²) in [5.74, 6) is -1.79. The van der Waals surface area contributed by atoms with E-state index in [2.05, 4.69) is 0 Å². The maximum absolute atomic E-state index is 12.1. The summed E-state index contributed by atoms with van der Waals surface area (Å²) in [5.41, 5.74) is 0.200. The fraction of sp³-hybridized carbons (Fsp3) is 0.500. The number of ether oxygens (including phenoxy) is 1. The molecular formula is C14H19ClO4S. The van der Waals surface area contributed by atoms with Gasteiger partial charge < -0.3 is 4.74 Å². The van der Waals surface area contributed by atoms with Crippen molar-refractivity contribution in [3.8, 4) is 0 Å². The first-order valence-electron chi connectivity index (χ1n) is 6.26. The zero-order chi connectivity index (χ0) is 15.4. The minimum absolute atomic E-state index is 0.279. The zero-order valence-electron chi connectivity index (χ0n) is 11.8. The molecule has 0 saturated carbocycles. The first-order valence-corrected chi connectivity index (χ1v) is 8.74. The first-order chi connectivity index (χ1) is 9.07. The summed E-state index contributed by atoms with van der Waals surface area (Å²) in [6.07, 6.45) is 0.279. The topological polar surface area (TPSA) is 60.4 Å². The van der Waals surface area contributed by atoms with Crippen molar-refractivity contribution in [3.63, 3.8) is 0 Å². The highest BCUT2D eigenvalue weighted by Gasteiger charge is 2.29. The van der Waals surface area contributed by atoms with E-state index in [1.54, 1.807) is 20.8 Å². The third-order valence-electron chi connectivity index (χ3n) is 2.47. The molecule has 1 atom stereocenters. The minimum atomic E-state index is -3.77. The molecule has 0 spiro atoms. The molecule has 1 aromatic rings. The maximum atomic E-state index is 12.1. The molecule has 0 bridgehead atoms. The molecule has 0 fully saturated rings. The molecule has 0 aliphatic rings. The van der Waals surface area contributed by atoms with Gasteiger partial charge in [0.2, 0.25) is 9.05 Å². The SMILES string of the molecule is CC(C)(C)OC(=O)C(Cc1ccccc1)CS(=O)(=O)Cl. The van der Waals surface area contributed by atoms with Gasteiger partial charge in [0.1, 0.15) is 5.60 Å². The normalized spacial score (nSPS) is 13.8. The second-order valence-electron chi connectivity index (χ2n) is 5.63. The highest BCUT2D eigenvalue weighted by Crippen LogP contribution is 2.18. The van der Waals surface area contributed by atoms with Crippen molar-refractivity contribution in [2.45, 2.75) is 32.8 Å². The van der Waals surface area contributed by atoms with Gasteiger partial charge in [0.15, 0.2) is 0 Å². The van der Waals surface area contributed by atoms with Gasteiger partial charge in [0.25, 0.3) is 0 Å². The number of esters is 1. The standard InChI is InChI=1S/C14H19ClO4S/c1-14(2,3)19-13(16)12(10-20(15,17)18)9-11-7-5-4-6-8-11/h4-8,12H,9-10H2,1-3H3. The molecule has 112 valence electrons. The monoisotopic (exact) mass is 318 g/mol. The third kappa shape index (κ3) is 6.91. The van der Waals surface area contributed by atoms with Crippen LogP contribution in [0.25, 0.3) is 0 Å². The predicted octanol–water partition coefficient (Wildman–Crippen LogP) is 2.76. The van der Waals surface area contributed by atoms with Crippen molar-refractivity contribution < 1.29 is 17.9 Å². The Hall–Kier alpha value is -1.07. The molecule has 1 aromatic carbocycles. The lowest BCUT2D eigenvalue weighted by Gasteiger charge is -2.23. The first kappa shape index (κ1) is 17.0. The van der Waals surface area contributed by atoms with Gasteiger partial charge in [0.05, 0.1) is 11.7 Å². The van der Waals surface area contributed by atoms with Gasteiger partial charge in [0, 0.05) is 10.7 Å². The Morgan fingerprint density at radius 2 is 1.80 bits per heavy atom. The number of carbonyl (C=O) groups excluding carboxylic acids is 1. The quantitative estimate of drug-likeness (QED) is 0.618. The molecule has 0 aliphatic carbocycles. The Bertz CT molecular complexity index is 546. The van der Waals surface area contributed by atoms with E-state index < -0.39 is 32.3 Å². The van der Waals surface area contributed by atoms with E-state index in [0.29, 0.717) is 0 Å². The molecule has 0 amide bonds. The molecule has 1 rings (SSSR count). The fourth-order valence-electron chi connectivity index (χ4n) is 1.73. The van der Waals surface area contributed by atoms with Crippen LogP contribution in [-0.2, 0) is 25.0 Å². The number of carbonyl (C=O) groups is 1. The lowest BCUT2D eigenvalue weighted by Crippen LogP contribution is -2.32. The van der Waals surface area contributed by atoms with Crippen LogP contribution in [0, 0.1) is 5.92 Å². The molecule has 6 heteroatoms. The molecule has 0 N–H and O–H groups in total. The van der Waals surface area contributed by atoms with E-state index in [0.717, 1.165) is 5.56 Å². The van der Waals surface area contributed by atoms with E-state index in [1.807, 2.05) is 30.3 Å². The van der Waals surface area contributed by atoms with Gasteiger partial charge >= 0.3 is 5.97 Å². The summed E-state index contributed by atoms with van der Waals surface area (Å²) in [7, 11) is 1.50. The van der Waals surface area contributed by atoms with Gasteiger partial charge in [-0.05, 0) is 32.8 Å². The van der Waals surface area contributed by atoms with Crippen molar-refractivity contribution >= 4 is 25.7 Å². The second kappa shape index (κ2) is 6.59. The van der Waals surface area contributed by atoms with E-state index in [-0.39, 0.29) is 6.42 Å². The fourth-order valence-corrected chi connectivity index (χ4v) is 2.93. The molecule has 0 radical (unpaired) electrons. The third-order valence-corrected chi connectivity index (χ3v) is 3.64. The van der Waals surface area contributed by atoms with Gasteiger partial charge in [-0.3, -0.25) is 4.79 Å². The van der Waals surface area contributed by atoms with E-state index in [4.69, 9.17) is 15.4 Å².